The number of carbonyl (C=O) groups is 1. The second-order valence-corrected chi connectivity index (χ2v) is 7.07. The number of anilines is 1. The highest BCUT2D eigenvalue weighted by Gasteiger charge is 2.39. The fraction of sp³-hybridized carbons (Fsp3) is 0.667. The van der Waals surface area contributed by atoms with Crippen molar-refractivity contribution in [3.63, 3.8) is 0 Å². The van der Waals surface area contributed by atoms with Gasteiger partial charge in [-0.2, -0.15) is 0 Å². The molecule has 0 unspecified atom stereocenters. The Kier molecular flexibility index (Phi) is 4.26. The number of piperazine rings is 1. The molecule has 0 saturated carbocycles. The van der Waals surface area contributed by atoms with E-state index >= 15 is 0 Å². The van der Waals surface area contributed by atoms with E-state index < -0.39 is 17.0 Å². The Bertz CT molecular complexity index is 539. The van der Waals surface area contributed by atoms with Gasteiger partial charge in [0.2, 0.25) is 5.95 Å². The summed E-state index contributed by atoms with van der Waals surface area (Å²) >= 11 is 0. The van der Waals surface area contributed by atoms with E-state index in [-0.39, 0.29) is 6.09 Å². The molecule has 0 atom stereocenters. The first-order chi connectivity index (χ1) is 10.1. The second kappa shape index (κ2) is 5.70. The van der Waals surface area contributed by atoms with Gasteiger partial charge in [0, 0.05) is 19.6 Å². The van der Waals surface area contributed by atoms with Crippen LogP contribution in [0.25, 0.3) is 0 Å². The molecule has 122 valence electrons. The minimum Gasteiger partial charge on any atom is -0.444 e. The lowest BCUT2D eigenvalue weighted by atomic mass is 9.99. The molecule has 1 amide bonds. The molecule has 0 aliphatic carbocycles. The normalized spacial score (nSPS) is 18.3. The van der Waals surface area contributed by atoms with Crippen LogP contribution < -0.4 is 4.90 Å². The number of aromatic nitrogens is 2. The predicted molar refractivity (Wildman–Crippen MR) is 81.2 cm³/mol. The summed E-state index contributed by atoms with van der Waals surface area (Å²) in [6.07, 6.45) is 1.97. The van der Waals surface area contributed by atoms with Gasteiger partial charge in [-0.25, -0.2) is 19.2 Å². The smallest absolute Gasteiger partial charge is 0.410 e. The zero-order valence-electron chi connectivity index (χ0n) is 13.8. The van der Waals surface area contributed by atoms with E-state index in [4.69, 9.17) is 4.74 Å². The van der Waals surface area contributed by atoms with Crippen molar-refractivity contribution < 1.29 is 13.9 Å². The Morgan fingerprint density at radius 3 is 2.36 bits per heavy atom. The SMILES string of the molecule is CC(C)(C)OC(=O)N1CCN(c2ncc(F)cn2)CC1(C)C. The molecular formula is C15H23FN4O2. The third-order valence-corrected chi connectivity index (χ3v) is 3.41. The van der Waals surface area contributed by atoms with E-state index in [2.05, 4.69) is 9.97 Å². The molecule has 1 aromatic rings. The van der Waals surface area contributed by atoms with Gasteiger partial charge in [-0.15, -0.1) is 0 Å². The zero-order valence-corrected chi connectivity index (χ0v) is 13.8. The Morgan fingerprint density at radius 1 is 1.27 bits per heavy atom. The van der Waals surface area contributed by atoms with Gasteiger partial charge in [-0.05, 0) is 34.6 Å². The molecule has 2 rings (SSSR count). The monoisotopic (exact) mass is 310 g/mol. The lowest BCUT2D eigenvalue weighted by Gasteiger charge is -2.46. The molecule has 7 heteroatoms. The predicted octanol–water partition coefficient (Wildman–Crippen LogP) is 2.45. The number of halogens is 1. The summed E-state index contributed by atoms with van der Waals surface area (Å²) in [6.45, 7) is 11.1. The topological polar surface area (TPSA) is 58.6 Å². The number of carbonyl (C=O) groups excluding carboxylic acids is 1. The van der Waals surface area contributed by atoms with Crippen molar-refractivity contribution >= 4 is 12.0 Å². The number of nitrogens with zero attached hydrogens (tertiary/aromatic N) is 4. The van der Waals surface area contributed by atoms with Crippen LogP contribution in [-0.4, -0.2) is 51.7 Å². The van der Waals surface area contributed by atoms with E-state index in [1.165, 1.54) is 0 Å². The average Bonchev–Trinajstić information content (AvgIpc) is 2.36. The van der Waals surface area contributed by atoms with Crippen molar-refractivity contribution in [3.8, 4) is 0 Å². The number of hydrogen-bond donors (Lipinski definition) is 0. The molecule has 0 spiro atoms. The van der Waals surface area contributed by atoms with Crippen molar-refractivity contribution in [1.29, 1.82) is 0 Å². The number of ether oxygens (including phenoxy) is 1. The first-order valence-corrected chi connectivity index (χ1v) is 7.32. The van der Waals surface area contributed by atoms with E-state index in [0.29, 0.717) is 25.6 Å². The van der Waals surface area contributed by atoms with Crippen molar-refractivity contribution in [3.05, 3.63) is 18.2 Å². The first kappa shape index (κ1) is 16.5. The molecule has 0 aromatic carbocycles. The van der Waals surface area contributed by atoms with Gasteiger partial charge in [0.1, 0.15) is 5.60 Å². The first-order valence-electron chi connectivity index (χ1n) is 7.32. The number of rotatable bonds is 1. The van der Waals surface area contributed by atoms with Gasteiger partial charge in [0.05, 0.1) is 17.9 Å². The van der Waals surface area contributed by atoms with E-state index in [0.717, 1.165) is 12.4 Å². The Hall–Kier alpha value is -1.92. The van der Waals surface area contributed by atoms with Crippen LogP contribution in [0.5, 0.6) is 0 Å². The molecule has 0 bridgehead atoms. The molecule has 0 radical (unpaired) electrons. The molecule has 6 nitrogen and oxygen atoms in total. The van der Waals surface area contributed by atoms with Crippen molar-refractivity contribution in [2.75, 3.05) is 24.5 Å². The molecule has 1 saturated heterocycles. The highest BCUT2D eigenvalue weighted by Crippen LogP contribution is 2.25. The van der Waals surface area contributed by atoms with Crippen LogP contribution in [0.4, 0.5) is 15.1 Å². The summed E-state index contributed by atoms with van der Waals surface area (Å²) in [7, 11) is 0. The standard InChI is InChI=1S/C15H23FN4O2/c1-14(2,3)22-13(21)20-7-6-19(10-15(20,4)5)12-17-8-11(16)9-18-12/h8-9H,6-7,10H2,1-5H3. The maximum Gasteiger partial charge on any atom is 0.410 e. The summed E-state index contributed by atoms with van der Waals surface area (Å²) in [5, 5.41) is 0. The van der Waals surface area contributed by atoms with Crippen LogP contribution >= 0.6 is 0 Å². The van der Waals surface area contributed by atoms with Gasteiger partial charge in [-0.3, -0.25) is 4.90 Å². The lowest BCUT2D eigenvalue weighted by molar-refractivity contribution is 0.000243. The van der Waals surface area contributed by atoms with Crippen molar-refractivity contribution in [2.24, 2.45) is 0 Å². The number of amides is 1. The second-order valence-electron chi connectivity index (χ2n) is 7.07. The van der Waals surface area contributed by atoms with Crippen molar-refractivity contribution in [2.45, 2.75) is 45.8 Å². The van der Waals surface area contributed by atoms with Crippen LogP contribution in [0.3, 0.4) is 0 Å². The fourth-order valence-electron chi connectivity index (χ4n) is 2.45. The van der Waals surface area contributed by atoms with Crippen LogP contribution in [0, 0.1) is 5.82 Å². The summed E-state index contributed by atoms with van der Waals surface area (Å²) in [4.78, 5) is 24.0. The third kappa shape index (κ3) is 3.84. The molecule has 1 fully saturated rings. The molecular weight excluding hydrogens is 287 g/mol. The van der Waals surface area contributed by atoms with Crippen LogP contribution in [0.15, 0.2) is 12.4 Å². The summed E-state index contributed by atoms with van der Waals surface area (Å²) in [5.41, 5.74) is -0.956. The van der Waals surface area contributed by atoms with Crippen LogP contribution in [0.2, 0.25) is 0 Å². The van der Waals surface area contributed by atoms with Gasteiger partial charge in [-0.1, -0.05) is 0 Å². The van der Waals surface area contributed by atoms with Gasteiger partial charge in [0.25, 0.3) is 0 Å². The fourth-order valence-corrected chi connectivity index (χ4v) is 2.45. The summed E-state index contributed by atoms with van der Waals surface area (Å²) < 4.78 is 18.4. The Balaban J connectivity index is 2.09. The molecule has 0 N–H and O–H groups in total. The molecule has 1 aromatic heterocycles. The van der Waals surface area contributed by atoms with E-state index in [1.807, 2.05) is 39.5 Å². The van der Waals surface area contributed by atoms with Gasteiger partial charge >= 0.3 is 6.09 Å². The quantitative estimate of drug-likeness (QED) is 0.797. The van der Waals surface area contributed by atoms with E-state index in [9.17, 15) is 9.18 Å². The maximum atomic E-state index is 12.9. The maximum absolute atomic E-state index is 12.9. The largest absolute Gasteiger partial charge is 0.444 e. The Morgan fingerprint density at radius 2 is 1.86 bits per heavy atom. The highest BCUT2D eigenvalue weighted by atomic mass is 19.1. The van der Waals surface area contributed by atoms with Gasteiger partial charge < -0.3 is 9.64 Å². The number of hydrogen-bond acceptors (Lipinski definition) is 5. The zero-order chi connectivity index (χ0) is 16.5. The van der Waals surface area contributed by atoms with Crippen molar-refractivity contribution in [1.82, 2.24) is 14.9 Å². The van der Waals surface area contributed by atoms with Gasteiger partial charge in [0.15, 0.2) is 5.82 Å². The average molecular weight is 310 g/mol. The summed E-state index contributed by atoms with van der Waals surface area (Å²) in [5.74, 6) is 0.00807. The molecule has 1 aliphatic rings. The Labute approximate surface area is 130 Å². The molecule has 2 heterocycles. The summed E-state index contributed by atoms with van der Waals surface area (Å²) in [6, 6.07) is 0. The molecule has 1 aliphatic heterocycles. The molecule has 22 heavy (non-hydrogen) atoms. The van der Waals surface area contributed by atoms with E-state index in [1.54, 1.807) is 4.90 Å². The highest BCUT2D eigenvalue weighted by molar-refractivity contribution is 5.69. The van der Waals surface area contributed by atoms with Crippen LogP contribution in [-0.2, 0) is 4.74 Å². The third-order valence-electron chi connectivity index (χ3n) is 3.41. The minimum atomic E-state index is -0.523. The lowest BCUT2D eigenvalue weighted by Crippen LogP contribution is -2.62. The van der Waals surface area contributed by atoms with Crippen LogP contribution in [0.1, 0.15) is 34.6 Å². The minimum absolute atomic E-state index is 0.322.